The first-order valence-corrected chi connectivity index (χ1v) is 11.9. The Bertz CT molecular complexity index is 1280. The molecule has 1 aromatic heterocycles. The molecule has 4 saturated carbocycles. The van der Waals surface area contributed by atoms with Crippen molar-refractivity contribution in [2.75, 3.05) is 0 Å². The van der Waals surface area contributed by atoms with Crippen LogP contribution in [0.5, 0.6) is 0 Å². The third-order valence-electron chi connectivity index (χ3n) is 7.64. The summed E-state index contributed by atoms with van der Waals surface area (Å²) in [4.78, 5) is 10.7. The van der Waals surface area contributed by atoms with Crippen molar-refractivity contribution in [3.05, 3.63) is 46.4 Å². The van der Waals surface area contributed by atoms with Crippen LogP contribution in [0.4, 0.5) is 13.2 Å². The van der Waals surface area contributed by atoms with E-state index in [0.29, 0.717) is 5.92 Å². The molecule has 7 rings (SSSR count). The number of dihydropyridines is 1. The fourth-order valence-corrected chi connectivity index (χ4v) is 5.71. The summed E-state index contributed by atoms with van der Waals surface area (Å²) in [6.07, 6.45) is 6.30. The van der Waals surface area contributed by atoms with Crippen LogP contribution < -0.4 is 11.1 Å². The summed E-state index contributed by atoms with van der Waals surface area (Å²) in [5.74, 6) is -1.52. The molecule has 0 amide bonds. The number of aromatic amines is 1. The van der Waals surface area contributed by atoms with Gasteiger partial charge in [-0.3, -0.25) is 9.89 Å². The number of carboxylic acid groups (broad SMARTS) is 1. The fraction of sp³-hybridized carbons (Fsp3) is 0.480. The number of hydrogen-bond donors (Lipinski definition) is 4. The van der Waals surface area contributed by atoms with Gasteiger partial charge in [-0.1, -0.05) is 12.8 Å². The van der Waals surface area contributed by atoms with Gasteiger partial charge in [-0.25, -0.2) is 13.2 Å². The highest BCUT2D eigenvalue weighted by Gasteiger charge is 2.40. The highest BCUT2D eigenvalue weighted by molar-refractivity contribution is 5.93. The maximum atomic E-state index is 14.4. The topological polar surface area (TPSA) is 128 Å². The Morgan fingerprint density at radius 2 is 1.86 bits per heavy atom. The number of benzene rings is 1. The second kappa shape index (κ2) is 9.04. The molecule has 4 fully saturated rings. The average Bonchev–Trinajstić information content (AvgIpc) is 3.60. The zero-order valence-corrected chi connectivity index (χ0v) is 19.0. The lowest BCUT2D eigenvalue weighted by Crippen LogP contribution is -2.41. The molecule has 0 radical (unpaired) electrons. The summed E-state index contributed by atoms with van der Waals surface area (Å²) in [5.41, 5.74) is 6.51. The van der Waals surface area contributed by atoms with Gasteiger partial charge in [-0.2, -0.15) is 10.4 Å². The van der Waals surface area contributed by atoms with Gasteiger partial charge in [0.1, 0.15) is 29.4 Å². The van der Waals surface area contributed by atoms with Crippen molar-refractivity contribution in [2.45, 2.75) is 51.1 Å². The van der Waals surface area contributed by atoms with Gasteiger partial charge in [0, 0.05) is 17.0 Å². The van der Waals surface area contributed by atoms with E-state index in [0.717, 1.165) is 37.3 Å². The molecular weight excluding hydrogens is 459 g/mol. The molecule has 184 valence electrons. The Hall–Kier alpha value is -3.32. The minimum absolute atomic E-state index is 0.00231. The van der Waals surface area contributed by atoms with Crippen molar-refractivity contribution in [3.63, 3.8) is 0 Å². The van der Waals surface area contributed by atoms with Crippen LogP contribution >= 0.6 is 0 Å². The molecule has 5 N–H and O–H groups in total. The summed E-state index contributed by atoms with van der Waals surface area (Å²) in [6.45, 7) is 0. The molecule has 2 unspecified atom stereocenters. The third-order valence-corrected chi connectivity index (χ3v) is 7.64. The summed E-state index contributed by atoms with van der Waals surface area (Å²) in [6, 6.07) is 3.82. The number of aromatic nitrogens is 2. The molecule has 5 aliphatic rings. The number of carboxylic acids is 1. The average molecular weight is 486 g/mol. The number of carbonyl (C=O) groups is 1. The highest BCUT2D eigenvalue weighted by Crippen LogP contribution is 2.46. The number of aliphatic carboxylic acids is 1. The molecule has 1 aromatic carbocycles. The van der Waals surface area contributed by atoms with E-state index >= 15 is 0 Å². The van der Waals surface area contributed by atoms with Gasteiger partial charge < -0.3 is 16.2 Å². The van der Waals surface area contributed by atoms with Gasteiger partial charge in [0.15, 0.2) is 5.82 Å². The van der Waals surface area contributed by atoms with E-state index in [9.17, 15) is 23.2 Å². The minimum Gasteiger partial charge on any atom is -0.481 e. The van der Waals surface area contributed by atoms with Crippen LogP contribution in [-0.2, 0) is 4.79 Å². The number of allylic oxidation sites excluding steroid dienone is 2. The smallest absolute Gasteiger partial charge is 0.306 e. The lowest BCUT2D eigenvalue weighted by molar-refractivity contribution is -0.147. The van der Waals surface area contributed by atoms with Crippen LogP contribution in [0.25, 0.3) is 16.6 Å². The Labute approximate surface area is 199 Å². The van der Waals surface area contributed by atoms with Crippen LogP contribution in [0.15, 0.2) is 29.1 Å². The number of rotatable bonds is 3. The molecule has 2 bridgehead atoms. The van der Waals surface area contributed by atoms with Crippen LogP contribution in [0.1, 0.15) is 50.6 Å². The van der Waals surface area contributed by atoms with Crippen molar-refractivity contribution < 1.29 is 23.1 Å². The first-order valence-electron chi connectivity index (χ1n) is 11.9. The molecule has 0 saturated heterocycles. The second-order valence-corrected chi connectivity index (χ2v) is 9.86. The maximum Gasteiger partial charge on any atom is 0.306 e. The second-order valence-electron chi connectivity index (χ2n) is 9.86. The number of nitrogens with two attached hydrogens (primary N) is 1. The summed E-state index contributed by atoms with van der Waals surface area (Å²) in [7, 11) is 0. The van der Waals surface area contributed by atoms with E-state index in [1.807, 2.05) is 6.07 Å². The summed E-state index contributed by atoms with van der Waals surface area (Å²) in [5, 5.41) is 27.7. The molecule has 2 aromatic rings. The molecule has 10 heteroatoms. The van der Waals surface area contributed by atoms with Crippen LogP contribution in [-0.4, -0.2) is 27.4 Å². The Morgan fingerprint density at radius 1 is 1.14 bits per heavy atom. The van der Waals surface area contributed by atoms with Crippen molar-refractivity contribution in [3.8, 4) is 6.07 Å². The Morgan fingerprint density at radius 3 is 2.40 bits per heavy atom. The van der Waals surface area contributed by atoms with Crippen LogP contribution in [0.3, 0.4) is 0 Å². The normalized spacial score (nSPS) is 27.9. The van der Waals surface area contributed by atoms with E-state index in [1.54, 1.807) is 0 Å². The minimum atomic E-state index is -1.12. The number of nitrogens with zero attached hydrogens (tertiary/aromatic N) is 2. The number of hydrogen-bond acceptors (Lipinski definition) is 5. The molecule has 35 heavy (non-hydrogen) atoms. The van der Waals surface area contributed by atoms with Gasteiger partial charge >= 0.3 is 5.97 Å². The molecule has 4 aliphatic carbocycles. The standard InChI is InChI=1S/C16H12F3N5.C9H14O2/c17-7-3-8-13(10(18)4-7)23-24-15(8)14-9(5-20)11(6-1-2-6)12(19)16(21)22-14;10-9(11)8-5-6-1-3-7(8)4-2-6/h3-4,6,16,22H,1-2,21H2,(H,23,24);6-8H,1-5H2,(H,10,11). The predicted molar refractivity (Wildman–Crippen MR) is 122 cm³/mol. The van der Waals surface area contributed by atoms with E-state index in [-0.39, 0.29) is 45.3 Å². The van der Waals surface area contributed by atoms with Gasteiger partial charge in [0.05, 0.1) is 22.9 Å². The van der Waals surface area contributed by atoms with Gasteiger partial charge in [-0.05, 0) is 55.9 Å². The molecular formula is C25H26F3N5O2. The van der Waals surface area contributed by atoms with Gasteiger partial charge in [-0.15, -0.1) is 0 Å². The van der Waals surface area contributed by atoms with Crippen LogP contribution in [0, 0.1) is 46.6 Å². The first kappa shape index (κ1) is 23.4. The molecule has 2 atom stereocenters. The lowest BCUT2D eigenvalue weighted by Gasteiger charge is -2.40. The molecule has 0 spiro atoms. The molecule has 7 nitrogen and oxygen atoms in total. The van der Waals surface area contributed by atoms with Gasteiger partial charge in [0.25, 0.3) is 0 Å². The Kier molecular flexibility index (Phi) is 6.05. The zero-order chi connectivity index (χ0) is 24.9. The quantitative estimate of drug-likeness (QED) is 0.507. The predicted octanol–water partition coefficient (Wildman–Crippen LogP) is 4.49. The van der Waals surface area contributed by atoms with E-state index < -0.39 is 29.6 Å². The van der Waals surface area contributed by atoms with E-state index in [4.69, 9.17) is 10.8 Å². The van der Waals surface area contributed by atoms with Gasteiger partial charge in [0.2, 0.25) is 0 Å². The monoisotopic (exact) mass is 485 g/mol. The summed E-state index contributed by atoms with van der Waals surface area (Å²) < 4.78 is 41.8. The molecule has 2 heterocycles. The number of nitrogens with one attached hydrogen (secondary N) is 2. The maximum absolute atomic E-state index is 14.4. The van der Waals surface area contributed by atoms with Crippen LogP contribution in [0.2, 0.25) is 0 Å². The van der Waals surface area contributed by atoms with Crippen molar-refractivity contribution >= 4 is 22.6 Å². The van der Waals surface area contributed by atoms with E-state index in [1.165, 1.54) is 25.7 Å². The number of H-pyrrole nitrogens is 1. The third kappa shape index (κ3) is 4.29. The highest BCUT2D eigenvalue weighted by atomic mass is 19.1. The Balaban J connectivity index is 0.000000192. The van der Waals surface area contributed by atoms with Crippen molar-refractivity contribution in [1.29, 1.82) is 5.26 Å². The first-order chi connectivity index (χ1) is 16.8. The number of halogens is 3. The lowest BCUT2D eigenvalue weighted by atomic mass is 9.65. The largest absolute Gasteiger partial charge is 0.481 e. The molecule has 1 aliphatic heterocycles. The summed E-state index contributed by atoms with van der Waals surface area (Å²) >= 11 is 0. The number of fused-ring (bicyclic) bond motifs is 4. The number of nitriles is 1. The SMILES string of the molecule is N#CC1=C(c2[nH]nc3c(F)cc(F)cc23)NC(N)C(F)=C1C1CC1.O=C(O)C1CC2CCC1CC2. The van der Waals surface area contributed by atoms with E-state index in [2.05, 4.69) is 15.5 Å². The fourth-order valence-electron chi connectivity index (χ4n) is 5.71. The zero-order valence-electron chi connectivity index (χ0n) is 19.0. The van der Waals surface area contributed by atoms with Crippen molar-refractivity contribution in [2.24, 2.45) is 29.4 Å². The van der Waals surface area contributed by atoms with Crippen molar-refractivity contribution in [1.82, 2.24) is 15.5 Å².